The minimum absolute atomic E-state index is 0.185. The number of anilines is 2. The van der Waals surface area contributed by atoms with Crippen LogP contribution in [0.5, 0.6) is 17.2 Å². The van der Waals surface area contributed by atoms with E-state index < -0.39 is 18.6 Å². The van der Waals surface area contributed by atoms with Gasteiger partial charge in [-0.15, -0.1) is 0 Å². The molecule has 37 heavy (non-hydrogen) atoms. The van der Waals surface area contributed by atoms with Crippen LogP contribution >= 0.6 is 0 Å². The molecule has 0 aliphatic rings. The standard InChI is InChI=1S/C27H24N4O6/c1-2-26(34)30-22-13-20-21(14-24(22)36-16-18(33)15-32)28-12-10-23(20)37-19-8-6-17(7-9-19)27(35)31-25-5-3-4-11-29-25/h2-14,18,32-33H,1,15-16H2,(H,30,34)(H,29,31,35). The van der Waals surface area contributed by atoms with Gasteiger partial charge in [0.2, 0.25) is 5.91 Å². The number of nitrogens with zero attached hydrogens (tertiary/aromatic N) is 2. The van der Waals surface area contributed by atoms with Gasteiger partial charge in [0, 0.05) is 29.4 Å². The van der Waals surface area contributed by atoms with Gasteiger partial charge in [-0.3, -0.25) is 14.6 Å². The Morgan fingerprint density at radius 2 is 1.81 bits per heavy atom. The van der Waals surface area contributed by atoms with Crippen LogP contribution in [0.4, 0.5) is 11.5 Å². The van der Waals surface area contributed by atoms with E-state index in [1.54, 1.807) is 73.1 Å². The molecule has 0 fully saturated rings. The number of aliphatic hydroxyl groups is 2. The normalized spacial score (nSPS) is 11.4. The predicted octanol–water partition coefficient (Wildman–Crippen LogP) is 3.53. The Morgan fingerprint density at radius 1 is 1.00 bits per heavy atom. The first-order chi connectivity index (χ1) is 18.0. The number of hydrogen-bond donors (Lipinski definition) is 4. The summed E-state index contributed by atoms with van der Waals surface area (Å²) in [6.07, 6.45) is 3.17. The highest BCUT2D eigenvalue weighted by atomic mass is 16.5. The van der Waals surface area contributed by atoms with Gasteiger partial charge < -0.3 is 30.3 Å². The summed E-state index contributed by atoms with van der Waals surface area (Å²) in [6.45, 7) is 2.80. The number of pyridine rings is 2. The SMILES string of the molecule is C=CC(=O)Nc1cc2c(Oc3ccc(C(=O)Nc4ccccn4)cc3)ccnc2cc1OCC(O)CO. The van der Waals surface area contributed by atoms with Crippen LogP contribution in [0, 0.1) is 0 Å². The van der Waals surface area contributed by atoms with Crippen LogP contribution in [0.2, 0.25) is 0 Å². The summed E-state index contributed by atoms with van der Waals surface area (Å²) in [5, 5.41) is 24.7. The zero-order chi connectivity index (χ0) is 26.2. The lowest BCUT2D eigenvalue weighted by Gasteiger charge is -2.16. The number of amides is 2. The van der Waals surface area contributed by atoms with E-state index in [2.05, 4.69) is 27.2 Å². The van der Waals surface area contributed by atoms with E-state index in [1.165, 1.54) is 0 Å². The van der Waals surface area contributed by atoms with Gasteiger partial charge in [-0.05, 0) is 54.6 Å². The molecule has 0 saturated heterocycles. The molecule has 1 unspecified atom stereocenters. The fourth-order valence-electron chi connectivity index (χ4n) is 3.30. The van der Waals surface area contributed by atoms with E-state index in [9.17, 15) is 14.7 Å². The number of fused-ring (bicyclic) bond motifs is 1. The van der Waals surface area contributed by atoms with Crippen LogP contribution in [0.1, 0.15) is 10.4 Å². The Balaban J connectivity index is 1.58. The molecule has 0 aliphatic carbocycles. The minimum Gasteiger partial charge on any atom is -0.489 e. The number of aliphatic hydroxyl groups excluding tert-OH is 2. The van der Waals surface area contributed by atoms with Crippen molar-refractivity contribution < 1.29 is 29.3 Å². The first-order valence-electron chi connectivity index (χ1n) is 11.2. The Labute approximate surface area is 212 Å². The van der Waals surface area contributed by atoms with Gasteiger partial charge in [0.05, 0.1) is 17.8 Å². The van der Waals surface area contributed by atoms with Crippen molar-refractivity contribution >= 4 is 34.2 Å². The van der Waals surface area contributed by atoms with Gasteiger partial charge in [-0.2, -0.15) is 0 Å². The maximum Gasteiger partial charge on any atom is 0.256 e. The minimum atomic E-state index is -1.09. The molecule has 4 rings (SSSR count). The lowest BCUT2D eigenvalue weighted by atomic mass is 10.1. The van der Waals surface area contributed by atoms with Crippen LogP contribution in [-0.2, 0) is 4.79 Å². The number of rotatable bonds is 10. The molecule has 2 amide bonds. The van der Waals surface area contributed by atoms with Crippen LogP contribution in [0.15, 0.2) is 85.7 Å². The largest absolute Gasteiger partial charge is 0.489 e. The molecule has 2 heterocycles. The molecule has 0 aliphatic heterocycles. The number of aromatic nitrogens is 2. The van der Waals surface area contributed by atoms with Crippen molar-refractivity contribution in [1.29, 1.82) is 0 Å². The highest BCUT2D eigenvalue weighted by molar-refractivity contribution is 6.04. The summed E-state index contributed by atoms with van der Waals surface area (Å²) in [5.74, 6) is 0.864. The number of nitrogens with one attached hydrogen (secondary N) is 2. The summed E-state index contributed by atoms with van der Waals surface area (Å²) >= 11 is 0. The second-order valence-corrected chi connectivity index (χ2v) is 7.81. The molecule has 2 aromatic carbocycles. The third-order valence-electron chi connectivity index (χ3n) is 5.14. The number of hydrogen-bond acceptors (Lipinski definition) is 8. The van der Waals surface area contributed by atoms with Crippen molar-refractivity contribution in [2.45, 2.75) is 6.10 Å². The molecule has 0 spiro atoms. The highest BCUT2D eigenvalue weighted by Crippen LogP contribution is 2.36. The average molecular weight is 501 g/mol. The summed E-state index contributed by atoms with van der Waals surface area (Å²) < 4.78 is 11.7. The van der Waals surface area contributed by atoms with Crippen molar-refractivity contribution in [3.63, 3.8) is 0 Å². The number of carbonyl (C=O) groups excluding carboxylic acids is 2. The van der Waals surface area contributed by atoms with Crippen LogP contribution < -0.4 is 20.1 Å². The lowest BCUT2D eigenvalue weighted by Crippen LogP contribution is -2.22. The van der Waals surface area contributed by atoms with E-state index in [0.29, 0.717) is 39.5 Å². The summed E-state index contributed by atoms with van der Waals surface area (Å²) in [5.41, 5.74) is 1.25. The van der Waals surface area contributed by atoms with Gasteiger partial charge in [0.1, 0.15) is 35.8 Å². The number of ether oxygens (including phenoxy) is 2. The zero-order valence-corrected chi connectivity index (χ0v) is 19.6. The van der Waals surface area contributed by atoms with Crippen LogP contribution in [-0.4, -0.2) is 51.3 Å². The van der Waals surface area contributed by atoms with Crippen LogP contribution in [0.3, 0.4) is 0 Å². The molecular formula is C27H24N4O6. The Hall–Kier alpha value is -4.80. The maximum atomic E-state index is 12.5. The monoisotopic (exact) mass is 500 g/mol. The van der Waals surface area contributed by atoms with E-state index in [0.717, 1.165) is 6.08 Å². The van der Waals surface area contributed by atoms with Gasteiger partial charge in [0.25, 0.3) is 5.91 Å². The maximum absolute atomic E-state index is 12.5. The first-order valence-corrected chi connectivity index (χ1v) is 11.2. The van der Waals surface area contributed by atoms with Gasteiger partial charge >= 0.3 is 0 Å². The Morgan fingerprint density at radius 3 is 2.51 bits per heavy atom. The molecule has 2 aromatic heterocycles. The van der Waals surface area contributed by atoms with Crippen molar-refractivity contribution in [3.8, 4) is 17.2 Å². The van der Waals surface area contributed by atoms with E-state index in [4.69, 9.17) is 14.6 Å². The van der Waals surface area contributed by atoms with Gasteiger partial charge in [0.15, 0.2) is 0 Å². The van der Waals surface area contributed by atoms with Crippen LogP contribution in [0.25, 0.3) is 10.9 Å². The van der Waals surface area contributed by atoms with E-state index >= 15 is 0 Å². The molecule has 4 N–H and O–H groups in total. The molecule has 0 radical (unpaired) electrons. The van der Waals surface area contributed by atoms with Crippen molar-refractivity contribution in [2.24, 2.45) is 0 Å². The molecule has 10 nitrogen and oxygen atoms in total. The second-order valence-electron chi connectivity index (χ2n) is 7.81. The average Bonchev–Trinajstić information content (AvgIpc) is 2.92. The molecule has 4 aromatic rings. The van der Waals surface area contributed by atoms with E-state index in [-0.39, 0.29) is 18.3 Å². The third kappa shape index (κ3) is 6.45. The smallest absolute Gasteiger partial charge is 0.256 e. The second kappa shape index (κ2) is 11.8. The molecule has 1 atom stereocenters. The number of benzene rings is 2. The number of carbonyl (C=O) groups is 2. The highest BCUT2D eigenvalue weighted by Gasteiger charge is 2.15. The third-order valence-corrected chi connectivity index (χ3v) is 5.14. The quantitative estimate of drug-likeness (QED) is 0.242. The summed E-state index contributed by atoms with van der Waals surface area (Å²) in [7, 11) is 0. The molecule has 0 saturated carbocycles. The molecule has 0 bridgehead atoms. The van der Waals surface area contributed by atoms with Crippen molar-refractivity contribution in [3.05, 3.63) is 91.3 Å². The Bertz CT molecular complexity index is 1410. The topological polar surface area (TPSA) is 143 Å². The fourth-order valence-corrected chi connectivity index (χ4v) is 3.30. The zero-order valence-electron chi connectivity index (χ0n) is 19.6. The van der Waals surface area contributed by atoms with E-state index in [1.807, 2.05) is 0 Å². The van der Waals surface area contributed by atoms with Gasteiger partial charge in [-0.1, -0.05) is 12.6 Å². The Kier molecular flexibility index (Phi) is 8.04. The van der Waals surface area contributed by atoms with Gasteiger partial charge in [-0.25, -0.2) is 4.98 Å². The molecular weight excluding hydrogens is 476 g/mol. The van der Waals surface area contributed by atoms with Crippen molar-refractivity contribution in [2.75, 3.05) is 23.8 Å². The van der Waals surface area contributed by atoms with Crippen molar-refractivity contribution in [1.82, 2.24) is 9.97 Å². The predicted molar refractivity (Wildman–Crippen MR) is 138 cm³/mol. The first kappa shape index (κ1) is 25.3. The lowest BCUT2D eigenvalue weighted by molar-refractivity contribution is -0.111. The summed E-state index contributed by atoms with van der Waals surface area (Å²) in [6, 6.07) is 16.7. The summed E-state index contributed by atoms with van der Waals surface area (Å²) in [4.78, 5) is 32.9. The fraction of sp³-hybridized carbons (Fsp3) is 0.111. The molecule has 188 valence electrons. The molecule has 10 heteroatoms.